The minimum Gasteiger partial charge on any atom is -0.207 e. The van der Waals surface area contributed by atoms with Crippen LogP contribution in [0.4, 0.5) is 4.39 Å². The van der Waals surface area contributed by atoms with Gasteiger partial charge in [-0.1, -0.05) is 36.4 Å². The number of benzene rings is 2. The zero-order valence-electron chi connectivity index (χ0n) is 11.4. The van der Waals surface area contributed by atoms with Crippen LogP contribution >= 0.6 is 0 Å². The average Bonchev–Trinajstić information content (AvgIpc) is 2.99. The van der Waals surface area contributed by atoms with E-state index in [-0.39, 0.29) is 10.7 Å². The Kier molecular flexibility index (Phi) is 3.78. The second-order valence-corrected chi connectivity index (χ2v) is 7.00. The van der Waals surface area contributed by atoms with Gasteiger partial charge in [-0.25, -0.2) is 12.8 Å². The fraction of sp³-hybridized carbons (Fsp3) is 0.250. The summed E-state index contributed by atoms with van der Waals surface area (Å²) >= 11 is 0. The van der Waals surface area contributed by atoms with Crippen molar-refractivity contribution in [1.29, 1.82) is 0 Å². The Labute approximate surface area is 124 Å². The maximum atomic E-state index is 14.0. The van der Waals surface area contributed by atoms with Crippen molar-refractivity contribution in [1.82, 2.24) is 4.31 Å². The molecule has 3 nitrogen and oxygen atoms in total. The lowest BCUT2D eigenvalue weighted by atomic mass is 10.1. The molecule has 2 aromatic carbocycles. The van der Waals surface area contributed by atoms with Crippen LogP contribution in [0, 0.1) is 5.82 Å². The Bertz CT molecular complexity index is 731. The van der Waals surface area contributed by atoms with Crippen molar-refractivity contribution in [2.24, 2.45) is 0 Å². The van der Waals surface area contributed by atoms with Crippen molar-refractivity contribution < 1.29 is 12.8 Å². The van der Waals surface area contributed by atoms with Crippen molar-refractivity contribution in [3.63, 3.8) is 0 Å². The van der Waals surface area contributed by atoms with E-state index in [9.17, 15) is 12.8 Å². The molecular weight excluding hydrogens is 289 g/mol. The van der Waals surface area contributed by atoms with Crippen LogP contribution in [0.2, 0.25) is 0 Å². The van der Waals surface area contributed by atoms with E-state index in [1.54, 1.807) is 48.5 Å². The smallest absolute Gasteiger partial charge is 0.207 e. The summed E-state index contributed by atoms with van der Waals surface area (Å²) in [6.07, 6.45) is 1.39. The third kappa shape index (κ3) is 2.59. The SMILES string of the molecule is O=S(=O)(c1ccccc1)N1CCC[C@H]1c1ccccc1F. The average molecular weight is 305 g/mol. The second-order valence-electron chi connectivity index (χ2n) is 5.11. The van der Waals surface area contributed by atoms with Gasteiger partial charge in [-0.05, 0) is 31.0 Å². The maximum absolute atomic E-state index is 14.0. The van der Waals surface area contributed by atoms with Crippen LogP contribution in [0.15, 0.2) is 59.5 Å². The Balaban J connectivity index is 2.00. The Hall–Kier alpha value is -1.72. The molecule has 1 aliphatic rings. The van der Waals surface area contributed by atoms with Crippen LogP contribution in [0.3, 0.4) is 0 Å². The first-order chi connectivity index (χ1) is 10.1. The molecule has 21 heavy (non-hydrogen) atoms. The highest BCUT2D eigenvalue weighted by Crippen LogP contribution is 2.37. The zero-order chi connectivity index (χ0) is 14.9. The van der Waals surface area contributed by atoms with Gasteiger partial charge in [0.2, 0.25) is 10.0 Å². The first-order valence-electron chi connectivity index (χ1n) is 6.92. The lowest BCUT2D eigenvalue weighted by molar-refractivity contribution is 0.386. The van der Waals surface area contributed by atoms with Crippen molar-refractivity contribution in [2.45, 2.75) is 23.8 Å². The molecule has 0 amide bonds. The molecule has 0 N–H and O–H groups in total. The Morgan fingerprint density at radius 2 is 1.67 bits per heavy atom. The highest BCUT2D eigenvalue weighted by Gasteiger charge is 2.37. The van der Waals surface area contributed by atoms with Crippen LogP contribution in [-0.4, -0.2) is 19.3 Å². The van der Waals surface area contributed by atoms with E-state index in [0.29, 0.717) is 18.5 Å². The molecule has 1 fully saturated rings. The number of hydrogen-bond donors (Lipinski definition) is 0. The van der Waals surface area contributed by atoms with E-state index in [0.717, 1.165) is 6.42 Å². The van der Waals surface area contributed by atoms with E-state index in [4.69, 9.17) is 0 Å². The van der Waals surface area contributed by atoms with Gasteiger partial charge in [0.25, 0.3) is 0 Å². The fourth-order valence-corrected chi connectivity index (χ4v) is 4.51. The molecule has 110 valence electrons. The topological polar surface area (TPSA) is 37.4 Å². The van der Waals surface area contributed by atoms with Crippen LogP contribution in [0.1, 0.15) is 24.4 Å². The molecule has 0 aliphatic carbocycles. The summed E-state index contributed by atoms with van der Waals surface area (Å²) in [5.74, 6) is -0.349. The normalized spacial score (nSPS) is 19.8. The van der Waals surface area contributed by atoms with Crippen molar-refractivity contribution in [2.75, 3.05) is 6.54 Å². The van der Waals surface area contributed by atoms with E-state index >= 15 is 0 Å². The molecule has 1 heterocycles. The number of halogens is 1. The van der Waals surface area contributed by atoms with Gasteiger partial charge >= 0.3 is 0 Å². The molecule has 5 heteroatoms. The molecule has 0 bridgehead atoms. The largest absolute Gasteiger partial charge is 0.243 e. The highest BCUT2D eigenvalue weighted by atomic mass is 32.2. The number of rotatable bonds is 3. The van der Waals surface area contributed by atoms with Gasteiger partial charge in [0.1, 0.15) is 5.82 Å². The van der Waals surface area contributed by atoms with Crippen LogP contribution in [-0.2, 0) is 10.0 Å². The molecule has 1 saturated heterocycles. The maximum Gasteiger partial charge on any atom is 0.243 e. The van der Waals surface area contributed by atoms with E-state index < -0.39 is 16.1 Å². The van der Waals surface area contributed by atoms with E-state index in [2.05, 4.69) is 0 Å². The molecule has 0 spiro atoms. The van der Waals surface area contributed by atoms with Crippen molar-refractivity contribution in [3.05, 3.63) is 66.0 Å². The van der Waals surface area contributed by atoms with Crippen molar-refractivity contribution in [3.8, 4) is 0 Å². The first kappa shape index (κ1) is 14.2. The highest BCUT2D eigenvalue weighted by molar-refractivity contribution is 7.89. The summed E-state index contributed by atoms with van der Waals surface area (Å²) in [6.45, 7) is 0.427. The summed E-state index contributed by atoms with van der Waals surface area (Å²) in [6, 6.07) is 14.3. The van der Waals surface area contributed by atoms with Gasteiger partial charge < -0.3 is 0 Å². The van der Waals surface area contributed by atoms with Crippen molar-refractivity contribution >= 4 is 10.0 Å². The standard InChI is InChI=1S/C16H16FNO2S/c17-15-10-5-4-9-14(15)16-11-6-12-18(16)21(19,20)13-7-2-1-3-8-13/h1-5,7-10,16H,6,11-12H2/t16-/m0/s1. The second kappa shape index (κ2) is 5.58. The van der Waals surface area contributed by atoms with E-state index in [1.807, 2.05) is 0 Å². The lowest BCUT2D eigenvalue weighted by Crippen LogP contribution is -2.31. The molecule has 0 saturated carbocycles. The van der Waals surface area contributed by atoms with Gasteiger partial charge in [0, 0.05) is 12.1 Å². The van der Waals surface area contributed by atoms with Gasteiger partial charge in [-0.15, -0.1) is 0 Å². The van der Waals surface area contributed by atoms with Gasteiger partial charge in [0.05, 0.1) is 10.9 Å². The van der Waals surface area contributed by atoms with Gasteiger partial charge in [0.15, 0.2) is 0 Å². The summed E-state index contributed by atoms with van der Waals surface area (Å²) in [4.78, 5) is 0.258. The number of hydrogen-bond acceptors (Lipinski definition) is 2. The zero-order valence-corrected chi connectivity index (χ0v) is 12.3. The summed E-state index contributed by atoms with van der Waals surface area (Å²) in [5.41, 5.74) is 0.453. The molecular formula is C16H16FNO2S. The molecule has 3 rings (SSSR count). The quantitative estimate of drug-likeness (QED) is 0.872. The monoisotopic (exact) mass is 305 g/mol. The molecule has 1 atom stereocenters. The number of nitrogens with zero attached hydrogens (tertiary/aromatic N) is 1. The Morgan fingerprint density at radius 1 is 1.00 bits per heavy atom. The van der Waals surface area contributed by atoms with E-state index in [1.165, 1.54) is 10.4 Å². The predicted molar refractivity (Wildman–Crippen MR) is 78.7 cm³/mol. The number of sulfonamides is 1. The predicted octanol–water partition coefficient (Wildman–Crippen LogP) is 3.35. The fourth-order valence-electron chi connectivity index (χ4n) is 2.81. The molecule has 0 unspecified atom stereocenters. The van der Waals surface area contributed by atoms with Gasteiger partial charge in [-0.2, -0.15) is 4.31 Å². The Morgan fingerprint density at radius 3 is 2.38 bits per heavy atom. The van der Waals surface area contributed by atoms with Crippen LogP contribution < -0.4 is 0 Å². The third-order valence-electron chi connectivity index (χ3n) is 3.82. The van der Waals surface area contributed by atoms with Crippen LogP contribution in [0.25, 0.3) is 0 Å². The molecule has 0 aromatic heterocycles. The summed E-state index contributed by atoms with van der Waals surface area (Å²) in [7, 11) is -3.59. The summed E-state index contributed by atoms with van der Waals surface area (Å²) < 4.78 is 40.9. The van der Waals surface area contributed by atoms with Crippen LogP contribution in [0.5, 0.6) is 0 Å². The summed E-state index contributed by atoms with van der Waals surface area (Å²) in [5, 5.41) is 0. The van der Waals surface area contributed by atoms with Gasteiger partial charge in [-0.3, -0.25) is 0 Å². The minimum absolute atomic E-state index is 0.258. The minimum atomic E-state index is -3.59. The molecule has 2 aromatic rings. The lowest BCUT2D eigenvalue weighted by Gasteiger charge is -2.24. The molecule has 1 aliphatic heterocycles. The molecule has 0 radical (unpaired) electrons. The first-order valence-corrected chi connectivity index (χ1v) is 8.36. The third-order valence-corrected chi connectivity index (χ3v) is 5.74.